The van der Waals surface area contributed by atoms with E-state index in [1.54, 1.807) is 0 Å². The number of amides is 2. The minimum atomic E-state index is 0.0891. The Morgan fingerprint density at radius 3 is 2.30 bits per heavy atom. The number of rotatable bonds is 3. The van der Waals surface area contributed by atoms with E-state index in [4.69, 9.17) is 5.11 Å². The fourth-order valence-electron chi connectivity index (χ4n) is 3.33. The highest BCUT2D eigenvalue weighted by molar-refractivity contribution is 5.74. The molecule has 0 radical (unpaired) electrons. The third-order valence-electron chi connectivity index (χ3n) is 5.16. The van der Waals surface area contributed by atoms with E-state index >= 15 is 0 Å². The molecule has 4 heteroatoms. The quantitative estimate of drug-likeness (QED) is 0.836. The predicted molar refractivity (Wildman–Crippen MR) is 80.5 cm³/mol. The van der Waals surface area contributed by atoms with Gasteiger partial charge in [0.25, 0.3) is 0 Å². The van der Waals surface area contributed by atoms with Gasteiger partial charge < -0.3 is 15.3 Å². The molecule has 0 atom stereocenters. The number of carbonyl (C=O) groups excluding carboxylic acids is 1. The van der Waals surface area contributed by atoms with E-state index < -0.39 is 0 Å². The Balaban J connectivity index is 1.66. The van der Waals surface area contributed by atoms with Crippen molar-refractivity contribution in [2.75, 3.05) is 26.2 Å². The lowest BCUT2D eigenvalue weighted by Crippen LogP contribution is -2.46. The number of urea groups is 1. The molecule has 2 amide bonds. The van der Waals surface area contributed by atoms with Crippen molar-refractivity contribution in [3.05, 3.63) is 0 Å². The lowest BCUT2D eigenvalue weighted by Gasteiger charge is -2.35. The number of nitrogens with zero attached hydrogens (tertiary/aromatic N) is 1. The number of likely N-dealkylation sites (tertiary alicyclic amines) is 1. The fourth-order valence-corrected chi connectivity index (χ4v) is 3.33. The van der Waals surface area contributed by atoms with Crippen molar-refractivity contribution in [1.29, 1.82) is 0 Å². The van der Waals surface area contributed by atoms with Crippen molar-refractivity contribution in [1.82, 2.24) is 10.2 Å². The minimum absolute atomic E-state index is 0.0891. The van der Waals surface area contributed by atoms with E-state index in [-0.39, 0.29) is 12.6 Å². The average molecular weight is 282 g/mol. The zero-order valence-corrected chi connectivity index (χ0v) is 13.0. The molecule has 1 aliphatic carbocycles. The van der Waals surface area contributed by atoms with Crippen LogP contribution in [0.2, 0.25) is 0 Å². The van der Waals surface area contributed by atoms with Gasteiger partial charge in [0.05, 0.1) is 0 Å². The van der Waals surface area contributed by atoms with Gasteiger partial charge in [-0.05, 0) is 55.8 Å². The standard InChI is InChI=1S/C16H30N2O2/c1-16(2)7-3-13(4-8-16)11-17-15(20)18-9-5-14(12-19)6-10-18/h13-14,19H,3-12H2,1-2H3,(H,17,20). The first-order valence-corrected chi connectivity index (χ1v) is 8.14. The Kier molecular flexibility index (Phi) is 5.30. The van der Waals surface area contributed by atoms with Crippen molar-refractivity contribution in [3.63, 3.8) is 0 Å². The highest BCUT2D eigenvalue weighted by Gasteiger charge is 2.28. The summed E-state index contributed by atoms with van der Waals surface area (Å²) in [6, 6.07) is 0.0891. The summed E-state index contributed by atoms with van der Waals surface area (Å²) in [5.41, 5.74) is 0.493. The molecule has 2 rings (SSSR count). The molecule has 0 unspecified atom stereocenters. The molecule has 116 valence electrons. The van der Waals surface area contributed by atoms with Crippen molar-refractivity contribution < 1.29 is 9.90 Å². The van der Waals surface area contributed by atoms with Crippen molar-refractivity contribution in [2.45, 2.75) is 52.4 Å². The van der Waals surface area contributed by atoms with E-state index in [1.165, 1.54) is 25.7 Å². The Morgan fingerprint density at radius 1 is 1.15 bits per heavy atom. The minimum Gasteiger partial charge on any atom is -0.396 e. The molecule has 2 fully saturated rings. The van der Waals surface area contributed by atoms with Gasteiger partial charge in [-0.15, -0.1) is 0 Å². The first-order chi connectivity index (χ1) is 9.50. The molecule has 4 nitrogen and oxygen atoms in total. The third-order valence-corrected chi connectivity index (χ3v) is 5.16. The largest absolute Gasteiger partial charge is 0.396 e. The summed E-state index contributed by atoms with van der Waals surface area (Å²) < 4.78 is 0. The molecule has 1 saturated heterocycles. The maximum Gasteiger partial charge on any atom is 0.317 e. The van der Waals surface area contributed by atoms with Crippen LogP contribution in [0.25, 0.3) is 0 Å². The van der Waals surface area contributed by atoms with Crippen LogP contribution in [0.15, 0.2) is 0 Å². The molecule has 0 aromatic heterocycles. The van der Waals surface area contributed by atoms with Crippen LogP contribution in [0, 0.1) is 17.3 Å². The second-order valence-corrected chi connectivity index (χ2v) is 7.41. The Morgan fingerprint density at radius 2 is 1.75 bits per heavy atom. The summed E-state index contributed by atoms with van der Waals surface area (Å²) >= 11 is 0. The smallest absolute Gasteiger partial charge is 0.317 e. The molecule has 20 heavy (non-hydrogen) atoms. The van der Waals surface area contributed by atoms with Gasteiger partial charge in [-0.25, -0.2) is 4.79 Å². The average Bonchev–Trinajstić information content (AvgIpc) is 2.46. The normalized spacial score (nSPS) is 24.6. The van der Waals surface area contributed by atoms with Gasteiger partial charge >= 0.3 is 6.03 Å². The van der Waals surface area contributed by atoms with Crippen LogP contribution in [-0.2, 0) is 0 Å². The Labute approximate surface area is 122 Å². The summed E-state index contributed by atoms with van der Waals surface area (Å²) in [4.78, 5) is 14.0. The molecule has 0 aromatic carbocycles. The second kappa shape index (κ2) is 6.79. The molecular formula is C16H30N2O2. The molecule has 1 saturated carbocycles. The fraction of sp³-hybridized carbons (Fsp3) is 0.938. The summed E-state index contributed by atoms with van der Waals surface area (Å²) in [6.07, 6.45) is 6.88. The van der Waals surface area contributed by atoms with Gasteiger partial charge in [0, 0.05) is 26.2 Å². The molecule has 1 aliphatic heterocycles. The van der Waals surface area contributed by atoms with E-state index in [0.29, 0.717) is 17.3 Å². The number of nitrogens with one attached hydrogen (secondary N) is 1. The van der Waals surface area contributed by atoms with E-state index in [9.17, 15) is 4.79 Å². The topological polar surface area (TPSA) is 52.6 Å². The zero-order valence-electron chi connectivity index (χ0n) is 13.0. The van der Waals surface area contributed by atoms with Gasteiger partial charge in [-0.2, -0.15) is 0 Å². The van der Waals surface area contributed by atoms with Gasteiger partial charge in [0.2, 0.25) is 0 Å². The summed E-state index contributed by atoms with van der Waals surface area (Å²) in [6.45, 7) is 7.34. The first kappa shape index (κ1) is 15.6. The van der Waals surface area contributed by atoms with Crippen LogP contribution in [0.1, 0.15) is 52.4 Å². The van der Waals surface area contributed by atoms with Gasteiger partial charge in [-0.3, -0.25) is 0 Å². The van der Waals surface area contributed by atoms with Crippen LogP contribution < -0.4 is 5.32 Å². The number of hydrogen-bond acceptors (Lipinski definition) is 2. The highest BCUT2D eigenvalue weighted by atomic mass is 16.3. The van der Waals surface area contributed by atoms with Crippen molar-refractivity contribution >= 4 is 6.03 Å². The number of aliphatic hydroxyl groups is 1. The maximum atomic E-state index is 12.1. The monoisotopic (exact) mass is 282 g/mol. The Hall–Kier alpha value is -0.770. The van der Waals surface area contributed by atoms with Crippen LogP contribution in [0.5, 0.6) is 0 Å². The molecule has 1 heterocycles. The highest BCUT2D eigenvalue weighted by Crippen LogP contribution is 2.37. The number of piperidine rings is 1. The van der Waals surface area contributed by atoms with E-state index in [2.05, 4.69) is 19.2 Å². The molecule has 2 N–H and O–H groups in total. The zero-order chi connectivity index (χ0) is 14.6. The molecule has 0 bridgehead atoms. The van der Waals surface area contributed by atoms with E-state index in [1.807, 2.05) is 4.90 Å². The molecule has 2 aliphatic rings. The van der Waals surface area contributed by atoms with E-state index in [0.717, 1.165) is 32.5 Å². The summed E-state index contributed by atoms with van der Waals surface area (Å²) in [7, 11) is 0. The van der Waals surface area contributed by atoms with Crippen LogP contribution >= 0.6 is 0 Å². The van der Waals surface area contributed by atoms with Crippen LogP contribution in [0.4, 0.5) is 4.79 Å². The third kappa shape index (κ3) is 4.37. The van der Waals surface area contributed by atoms with Gasteiger partial charge in [0.1, 0.15) is 0 Å². The first-order valence-electron chi connectivity index (χ1n) is 8.14. The maximum absolute atomic E-state index is 12.1. The summed E-state index contributed by atoms with van der Waals surface area (Å²) in [5, 5.41) is 12.2. The Bertz CT molecular complexity index is 312. The van der Waals surface area contributed by atoms with Crippen LogP contribution in [-0.4, -0.2) is 42.3 Å². The van der Waals surface area contributed by atoms with Crippen LogP contribution in [0.3, 0.4) is 0 Å². The number of hydrogen-bond donors (Lipinski definition) is 2. The van der Waals surface area contributed by atoms with Gasteiger partial charge in [0.15, 0.2) is 0 Å². The number of carbonyl (C=O) groups is 1. The summed E-state index contributed by atoms with van der Waals surface area (Å²) in [5.74, 6) is 1.04. The molecule has 0 aromatic rings. The lowest BCUT2D eigenvalue weighted by molar-refractivity contribution is 0.134. The van der Waals surface area contributed by atoms with Gasteiger partial charge in [-0.1, -0.05) is 13.8 Å². The number of aliphatic hydroxyl groups excluding tert-OH is 1. The second-order valence-electron chi connectivity index (χ2n) is 7.41. The van der Waals surface area contributed by atoms with Crippen molar-refractivity contribution in [2.24, 2.45) is 17.3 Å². The lowest BCUT2D eigenvalue weighted by atomic mass is 9.73. The molecular weight excluding hydrogens is 252 g/mol. The SMILES string of the molecule is CC1(C)CCC(CNC(=O)N2CCC(CO)CC2)CC1. The molecule has 0 spiro atoms. The van der Waals surface area contributed by atoms with Crippen molar-refractivity contribution in [3.8, 4) is 0 Å². The predicted octanol–water partition coefficient (Wildman–Crippen LogP) is 2.62.